The van der Waals surface area contributed by atoms with Crippen molar-refractivity contribution >= 4 is 6.47 Å². The van der Waals surface area contributed by atoms with Gasteiger partial charge in [-0.3, -0.25) is 4.79 Å². The first-order valence-corrected chi connectivity index (χ1v) is 3.21. The zero-order valence-corrected chi connectivity index (χ0v) is 5.84. The van der Waals surface area contributed by atoms with E-state index < -0.39 is 0 Å². The van der Waals surface area contributed by atoms with Crippen molar-refractivity contribution < 1.29 is 13.9 Å². The van der Waals surface area contributed by atoms with Gasteiger partial charge in [0.2, 0.25) is 0 Å². The van der Waals surface area contributed by atoms with Gasteiger partial charge in [-0.1, -0.05) is 0 Å². The molecule has 0 bridgehead atoms. The molecule has 0 atom stereocenters. The molecule has 0 spiro atoms. The third-order valence-corrected chi connectivity index (χ3v) is 1.26. The van der Waals surface area contributed by atoms with Crippen LogP contribution in [0.3, 0.4) is 0 Å². The summed E-state index contributed by atoms with van der Waals surface area (Å²) in [5.41, 5.74) is 0.726. The van der Waals surface area contributed by atoms with Crippen molar-refractivity contribution in [1.29, 1.82) is 0 Å². The lowest BCUT2D eigenvalue weighted by Gasteiger charge is -1.94. The van der Waals surface area contributed by atoms with Gasteiger partial charge < -0.3 is 9.72 Å². The molecule has 11 heavy (non-hydrogen) atoms. The maximum atomic E-state index is 12.3. The van der Waals surface area contributed by atoms with Gasteiger partial charge in [-0.05, 0) is 6.07 Å². The molecule has 0 radical (unpaired) electrons. The minimum Gasteiger partial charge on any atom is -0.467 e. The van der Waals surface area contributed by atoms with Gasteiger partial charge in [0, 0.05) is 18.3 Å². The highest BCUT2D eigenvalue weighted by Crippen LogP contribution is 2.01. The van der Waals surface area contributed by atoms with E-state index in [1.54, 1.807) is 0 Å². The summed E-state index contributed by atoms with van der Waals surface area (Å²) >= 11 is 0. The molecule has 0 aliphatic carbocycles. The summed E-state index contributed by atoms with van der Waals surface area (Å²) in [5, 5.41) is 0. The van der Waals surface area contributed by atoms with Crippen LogP contribution < -0.4 is 0 Å². The van der Waals surface area contributed by atoms with Gasteiger partial charge in [0.05, 0.1) is 6.61 Å². The summed E-state index contributed by atoms with van der Waals surface area (Å²) in [6, 6.07) is 1.37. The summed E-state index contributed by atoms with van der Waals surface area (Å²) in [7, 11) is 0. The van der Waals surface area contributed by atoms with Crippen molar-refractivity contribution in [2.45, 2.75) is 6.42 Å². The van der Waals surface area contributed by atoms with E-state index in [4.69, 9.17) is 0 Å². The standard InChI is InChI=1S/C7H8FNO2/c8-6-3-7(9-4-6)1-2-11-5-10/h3-5,9H,1-2H2. The number of halogens is 1. The molecule has 1 aromatic rings. The quantitative estimate of drug-likeness (QED) is 0.520. The highest BCUT2D eigenvalue weighted by Gasteiger charge is 1.96. The van der Waals surface area contributed by atoms with Crippen LogP contribution in [0.5, 0.6) is 0 Å². The SMILES string of the molecule is O=COCCc1cc(F)c[nH]1. The van der Waals surface area contributed by atoms with E-state index in [9.17, 15) is 9.18 Å². The molecule has 60 valence electrons. The highest BCUT2D eigenvalue weighted by molar-refractivity contribution is 5.36. The molecule has 3 nitrogen and oxygen atoms in total. The van der Waals surface area contributed by atoms with Crippen molar-refractivity contribution in [3.8, 4) is 0 Å². The van der Waals surface area contributed by atoms with E-state index in [-0.39, 0.29) is 12.4 Å². The average Bonchev–Trinajstić information content (AvgIpc) is 2.37. The van der Waals surface area contributed by atoms with Crippen molar-refractivity contribution in [2.75, 3.05) is 6.61 Å². The molecule has 0 fully saturated rings. The normalized spacial score (nSPS) is 9.55. The number of H-pyrrole nitrogens is 1. The lowest BCUT2D eigenvalue weighted by molar-refractivity contribution is -0.128. The third kappa shape index (κ3) is 2.41. The van der Waals surface area contributed by atoms with Crippen LogP contribution in [-0.2, 0) is 16.0 Å². The van der Waals surface area contributed by atoms with Crippen LogP contribution in [-0.4, -0.2) is 18.1 Å². The Labute approximate surface area is 63.2 Å². The molecule has 1 rings (SSSR count). The fourth-order valence-corrected chi connectivity index (χ4v) is 0.773. The van der Waals surface area contributed by atoms with E-state index in [0.717, 1.165) is 5.69 Å². The topological polar surface area (TPSA) is 42.1 Å². The molecular weight excluding hydrogens is 149 g/mol. The van der Waals surface area contributed by atoms with Crippen molar-refractivity contribution in [3.63, 3.8) is 0 Å². The Hall–Kier alpha value is -1.32. The molecule has 0 aliphatic rings. The Morgan fingerprint density at radius 1 is 1.73 bits per heavy atom. The number of nitrogens with one attached hydrogen (secondary N) is 1. The van der Waals surface area contributed by atoms with Crippen LogP contribution in [0.25, 0.3) is 0 Å². The van der Waals surface area contributed by atoms with E-state index in [1.807, 2.05) is 0 Å². The van der Waals surface area contributed by atoms with Gasteiger partial charge >= 0.3 is 0 Å². The number of rotatable bonds is 4. The van der Waals surface area contributed by atoms with Gasteiger partial charge in [0.1, 0.15) is 5.82 Å². The van der Waals surface area contributed by atoms with E-state index in [0.29, 0.717) is 12.9 Å². The predicted molar refractivity (Wildman–Crippen MR) is 36.5 cm³/mol. The Morgan fingerprint density at radius 2 is 2.55 bits per heavy atom. The second-order valence-electron chi connectivity index (χ2n) is 2.06. The number of ether oxygens (including phenoxy) is 1. The second-order valence-corrected chi connectivity index (χ2v) is 2.06. The van der Waals surface area contributed by atoms with Crippen molar-refractivity contribution in [3.05, 3.63) is 23.8 Å². The molecule has 0 saturated heterocycles. The molecule has 0 saturated carbocycles. The maximum Gasteiger partial charge on any atom is 0.293 e. The Morgan fingerprint density at radius 3 is 3.09 bits per heavy atom. The molecule has 1 N–H and O–H groups in total. The molecule has 0 amide bonds. The number of hydrogen-bond donors (Lipinski definition) is 1. The van der Waals surface area contributed by atoms with Crippen LogP contribution in [0.1, 0.15) is 5.69 Å². The van der Waals surface area contributed by atoms with Gasteiger partial charge in [-0.15, -0.1) is 0 Å². The number of aromatic amines is 1. The molecule has 0 aliphatic heterocycles. The zero-order chi connectivity index (χ0) is 8.10. The zero-order valence-electron chi connectivity index (χ0n) is 5.84. The first-order valence-electron chi connectivity index (χ1n) is 3.21. The van der Waals surface area contributed by atoms with Crippen LogP contribution >= 0.6 is 0 Å². The number of hydrogen-bond acceptors (Lipinski definition) is 2. The lowest BCUT2D eigenvalue weighted by atomic mass is 10.3. The molecule has 1 aromatic heterocycles. The van der Waals surface area contributed by atoms with Gasteiger partial charge in [-0.2, -0.15) is 0 Å². The summed E-state index contributed by atoms with van der Waals surface area (Å²) in [6.45, 7) is 0.656. The number of carbonyl (C=O) groups excluding carboxylic acids is 1. The summed E-state index contributed by atoms with van der Waals surface area (Å²) in [4.78, 5) is 12.4. The Bertz CT molecular complexity index is 234. The summed E-state index contributed by atoms with van der Waals surface area (Å²) < 4.78 is 16.7. The maximum absolute atomic E-state index is 12.3. The first-order chi connectivity index (χ1) is 5.33. The second kappa shape index (κ2) is 3.75. The van der Waals surface area contributed by atoms with E-state index in [1.165, 1.54) is 12.3 Å². The Kier molecular flexibility index (Phi) is 2.66. The molecule has 1 heterocycles. The lowest BCUT2D eigenvalue weighted by Crippen LogP contribution is -1.96. The fraction of sp³-hybridized carbons (Fsp3) is 0.286. The van der Waals surface area contributed by atoms with Crippen molar-refractivity contribution in [1.82, 2.24) is 4.98 Å². The fourth-order valence-electron chi connectivity index (χ4n) is 0.773. The third-order valence-electron chi connectivity index (χ3n) is 1.26. The van der Waals surface area contributed by atoms with Crippen LogP contribution in [0.4, 0.5) is 4.39 Å². The minimum absolute atomic E-state index is 0.281. The van der Waals surface area contributed by atoms with E-state index in [2.05, 4.69) is 9.72 Å². The molecular formula is C7H8FNO2. The molecule has 4 heteroatoms. The number of carbonyl (C=O) groups is 1. The molecule has 0 unspecified atom stereocenters. The Balaban J connectivity index is 2.32. The van der Waals surface area contributed by atoms with E-state index >= 15 is 0 Å². The number of aromatic nitrogens is 1. The monoisotopic (exact) mass is 157 g/mol. The smallest absolute Gasteiger partial charge is 0.293 e. The van der Waals surface area contributed by atoms with Crippen LogP contribution in [0, 0.1) is 5.82 Å². The van der Waals surface area contributed by atoms with Crippen LogP contribution in [0.15, 0.2) is 12.3 Å². The first kappa shape index (κ1) is 7.78. The van der Waals surface area contributed by atoms with Gasteiger partial charge in [-0.25, -0.2) is 4.39 Å². The van der Waals surface area contributed by atoms with Gasteiger partial charge in [0.15, 0.2) is 0 Å². The van der Waals surface area contributed by atoms with Gasteiger partial charge in [0.25, 0.3) is 6.47 Å². The largest absolute Gasteiger partial charge is 0.467 e. The minimum atomic E-state index is -0.300. The van der Waals surface area contributed by atoms with Crippen LogP contribution in [0.2, 0.25) is 0 Å². The average molecular weight is 157 g/mol. The highest BCUT2D eigenvalue weighted by atomic mass is 19.1. The summed E-state index contributed by atoms with van der Waals surface area (Å²) in [5.74, 6) is -0.300. The van der Waals surface area contributed by atoms with Crippen molar-refractivity contribution in [2.24, 2.45) is 0 Å². The molecule has 0 aromatic carbocycles. The summed E-state index contributed by atoms with van der Waals surface area (Å²) in [6.07, 6.45) is 1.78. The predicted octanol–water partition coefficient (Wildman–Crippen LogP) is 0.869.